The normalized spacial score (nSPS) is 19.2. The molecule has 0 heterocycles. The quantitative estimate of drug-likeness (QED) is 0.612. The summed E-state index contributed by atoms with van der Waals surface area (Å²) in [4.78, 5) is 0.591. The second-order valence-corrected chi connectivity index (χ2v) is 7.79. The van der Waals surface area contributed by atoms with Crippen molar-refractivity contribution in [3.05, 3.63) is 29.8 Å². The lowest BCUT2D eigenvalue weighted by molar-refractivity contribution is 0.228. The lowest BCUT2D eigenvalue weighted by Gasteiger charge is -2.36. The molecule has 0 spiro atoms. The van der Waals surface area contributed by atoms with Gasteiger partial charge in [-0.05, 0) is 54.7 Å². The Morgan fingerprint density at radius 1 is 1.15 bits per heavy atom. The summed E-state index contributed by atoms with van der Waals surface area (Å²) in [5.74, 6) is 1.72. The molecule has 0 aliphatic heterocycles. The van der Waals surface area contributed by atoms with E-state index in [-0.39, 0.29) is 0 Å². The van der Waals surface area contributed by atoms with Crippen molar-refractivity contribution in [2.24, 2.45) is 11.3 Å². The van der Waals surface area contributed by atoms with E-state index in [1.54, 1.807) is 7.11 Å². The lowest BCUT2D eigenvalue weighted by atomic mass is 9.74. The van der Waals surface area contributed by atoms with Crippen LogP contribution in [0, 0.1) is 11.3 Å². The average Bonchev–Trinajstić information content (AvgIpc) is 2.88. The van der Waals surface area contributed by atoms with Crippen LogP contribution in [0.2, 0.25) is 0 Å². The lowest BCUT2D eigenvalue weighted by Crippen LogP contribution is -2.31. The first-order valence-electron chi connectivity index (χ1n) is 7.83. The number of benzene rings is 1. The van der Waals surface area contributed by atoms with Gasteiger partial charge in [0.1, 0.15) is 5.75 Å². The summed E-state index contributed by atoms with van der Waals surface area (Å²) in [6, 6.07) is 8.54. The Kier molecular flexibility index (Phi) is 5.54. The van der Waals surface area contributed by atoms with Gasteiger partial charge in [-0.3, -0.25) is 0 Å². The maximum absolute atomic E-state index is 5.23. The smallest absolute Gasteiger partial charge is 0.118 e. The van der Waals surface area contributed by atoms with Crippen LogP contribution in [0.4, 0.5) is 0 Å². The number of ether oxygens (including phenoxy) is 1. The van der Waals surface area contributed by atoms with Crippen molar-refractivity contribution in [3.8, 4) is 5.75 Å². The zero-order valence-electron chi connectivity index (χ0n) is 13.0. The minimum absolute atomic E-state index is 0.508. The van der Waals surface area contributed by atoms with Gasteiger partial charge in [-0.15, -0.1) is 0 Å². The van der Waals surface area contributed by atoms with Crippen LogP contribution in [0.15, 0.2) is 24.3 Å². The van der Waals surface area contributed by atoms with E-state index in [0.717, 1.165) is 18.1 Å². The van der Waals surface area contributed by atoms with Crippen LogP contribution in [0.3, 0.4) is 0 Å². The molecule has 1 aromatic rings. The summed E-state index contributed by atoms with van der Waals surface area (Å²) in [7, 11) is 1.72. The molecule has 1 fully saturated rings. The minimum atomic E-state index is 0.508. The fraction of sp³-hybridized carbons (Fsp3) is 0.667. The summed E-state index contributed by atoms with van der Waals surface area (Å²) in [6.45, 7) is 4.71. The first-order valence-corrected chi connectivity index (χ1v) is 8.74. The third-order valence-corrected chi connectivity index (χ3v) is 5.95. The van der Waals surface area contributed by atoms with Crippen LogP contribution in [0.1, 0.15) is 51.5 Å². The van der Waals surface area contributed by atoms with E-state index in [1.165, 1.54) is 37.7 Å². The number of hydrogen-bond acceptors (Lipinski definition) is 1. The molecule has 0 bridgehead atoms. The van der Waals surface area contributed by atoms with E-state index in [9.17, 15) is 0 Å². The molecule has 20 heavy (non-hydrogen) atoms. The zero-order valence-corrected chi connectivity index (χ0v) is 14.6. The molecule has 1 atom stereocenters. The van der Waals surface area contributed by atoms with Crippen LogP contribution in [-0.2, 0) is 6.42 Å². The Bertz CT molecular complexity index is 404. The predicted molar refractivity (Wildman–Crippen MR) is 89.8 cm³/mol. The van der Waals surface area contributed by atoms with Gasteiger partial charge in [0.05, 0.1) is 7.11 Å². The number of rotatable bonds is 6. The molecule has 0 saturated heterocycles. The van der Waals surface area contributed by atoms with Crippen molar-refractivity contribution in [3.63, 3.8) is 0 Å². The Morgan fingerprint density at radius 2 is 1.75 bits per heavy atom. The third kappa shape index (κ3) is 3.78. The minimum Gasteiger partial charge on any atom is -0.497 e. The van der Waals surface area contributed by atoms with Gasteiger partial charge in [0.2, 0.25) is 0 Å². The molecule has 112 valence electrons. The molecular weight excluding hydrogens is 312 g/mol. The largest absolute Gasteiger partial charge is 0.497 e. The standard InChI is InChI=1S/C18H27BrO/c1-14(2)13-18(10-4-5-11-18)17(19)12-15-6-8-16(20-3)9-7-15/h6-9,14,17H,4-5,10-13H2,1-3H3. The van der Waals surface area contributed by atoms with E-state index < -0.39 is 0 Å². The van der Waals surface area contributed by atoms with Gasteiger partial charge in [-0.2, -0.15) is 0 Å². The highest BCUT2D eigenvalue weighted by atomic mass is 79.9. The van der Waals surface area contributed by atoms with E-state index in [0.29, 0.717) is 10.2 Å². The van der Waals surface area contributed by atoms with Gasteiger partial charge in [0.25, 0.3) is 0 Å². The number of hydrogen-bond donors (Lipinski definition) is 0. The fourth-order valence-corrected chi connectivity index (χ4v) is 4.74. The summed E-state index contributed by atoms with van der Waals surface area (Å²) in [6.07, 6.45) is 8.04. The number of alkyl halides is 1. The molecule has 1 saturated carbocycles. The molecule has 1 nitrogen and oxygen atoms in total. The molecule has 2 rings (SSSR count). The van der Waals surface area contributed by atoms with E-state index in [4.69, 9.17) is 4.74 Å². The molecule has 0 aromatic heterocycles. The molecule has 0 radical (unpaired) electrons. The van der Waals surface area contributed by atoms with E-state index in [2.05, 4.69) is 54.0 Å². The van der Waals surface area contributed by atoms with Crippen molar-refractivity contribution in [2.75, 3.05) is 7.11 Å². The molecule has 2 heteroatoms. The van der Waals surface area contributed by atoms with Crippen molar-refractivity contribution >= 4 is 15.9 Å². The van der Waals surface area contributed by atoms with Gasteiger partial charge in [-0.1, -0.05) is 54.8 Å². The molecule has 1 aliphatic carbocycles. The van der Waals surface area contributed by atoms with Crippen molar-refractivity contribution < 1.29 is 4.74 Å². The Hall–Kier alpha value is -0.500. The number of methoxy groups -OCH3 is 1. The maximum atomic E-state index is 5.23. The molecule has 1 aliphatic rings. The van der Waals surface area contributed by atoms with Gasteiger partial charge in [0.15, 0.2) is 0 Å². The summed E-state index contributed by atoms with van der Waals surface area (Å²) >= 11 is 4.03. The Morgan fingerprint density at radius 3 is 2.25 bits per heavy atom. The summed E-state index contributed by atoms with van der Waals surface area (Å²) in [5, 5.41) is 0. The first kappa shape index (κ1) is 15.9. The second-order valence-electron chi connectivity index (χ2n) is 6.69. The fourth-order valence-electron chi connectivity index (χ4n) is 3.72. The highest BCUT2D eigenvalue weighted by Gasteiger charge is 2.40. The zero-order chi connectivity index (χ0) is 14.6. The van der Waals surface area contributed by atoms with Crippen LogP contribution in [-0.4, -0.2) is 11.9 Å². The average molecular weight is 339 g/mol. The second kappa shape index (κ2) is 6.98. The summed E-state index contributed by atoms with van der Waals surface area (Å²) in [5.41, 5.74) is 1.91. The van der Waals surface area contributed by atoms with Crippen molar-refractivity contribution in [1.29, 1.82) is 0 Å². The molecule has 1 aromatic carbocycles. The topological polar surface area (TPSA) is 9.23 Å². The summed E-state index contributed by atoms with van der Waals surface area (Å²) < 4.78 is 5.23. The van der Waals surface area contributed by atoms with E-state index in [1.807, 2.05) is 0 Å². The number of halogens is 1. The highest BCUT2D eigenvalue weighted by molar-refractivity contribution is 9.09. The predicted octanol–water partition coefficient (Wildman–Crippen LogP) is 5.61. The maximum Gasteiger partial charge on any atom is 0.118 e. The molecule has 0 N–H and O–H groups in total. The molecular formula is C18H27BrO. The van der Waals surface area contributed by atoms with E-state index >= 15 is 0 Å². The monoisotopic (exact) mass is 338 g/mol. The molecule has 1 unspecified atom stereocenters. The Balaban J connectivity index is 2.05. The first-order chi connectivity index (χ1) is 9.55. The SMILES string of the molecule is COc1ccc(CC(Br)C2(CC(C)C)CCCC2)cc1. The highest BCUT2D eigenvalue weighted by Crippen LogP contribution is 2.49. The van der Waals surface area contributed by atoms with Crippen LogP contribution in [0.25, 0.3) is 0 Å². The van der Waals surface area contributed by atoms with Crippen LogP contribution in [0.5, 0.6) is 5.75 Å². The van der Waals surface area contributed by atoms with Gasteiger partial charge < -0.3 is 4.74 Å². The van der Waals surface area contributed by atoms with Gasteiger partial charge >= 0.3 is 0 Å². The third-order valence-electron chi connectivity index (χ3n) is 4.65. The van der Waals surface area contributed by atoms with Crippen LogP contribution >= 0.6 is 15.9 Å². The Labute approximate surface area is 132 Å². The molecule has 0 amide bonds. The van der Waals surface area contributed by atoms with Crippen molar-refractivity contribution in [1.82, 2.24) is 0 Å². The van der Waals surface area contributed by atoms with Crippen LogP contribution < -0.4 is 4.74 Å². The van der Waals surface area contributed by atoms with Crippen molar-refractivity contribution in [2.45, 2.75) is 57.2 Å². The van der Waals surface area contributed by atoms with Gasteiger partial charge in [0, 0.05) is 4.83 Å². The van der Waals surface area contributed by atoms with Gasteiger partial charge in [-0.25, -0.2) is 0 Å².